The Hall–Kier alpha value is -2.96. The van der Waals surface area contributed by atoms with E-state index in [-0.39, 0.29) is 23.3 Å². The standard InChI is InChI=1S/C22H19BrClF3N6O2/c23-16-4-1-14(2-5-16)19-12-28-33(30-19)21(35)32-9-7-31(8-10-32)13-20(34)29-18-11-15(22(25,26)27)3-6-17(18)24/h1-6,11-12H,7-10,13H2,(H,29,34). The molecule has 35 heavy (non-hydrogen) atoms. The Bertz CT molecular complexity index is 1230. The predicted molar refractivity (Wildman–Crippen MR) is 127 cm³/mol. The van der Waals surface area contributed by atoms with E-state index in [1.165, 1.54) is 6.20 Å². The van der Waals surface area contributed by atoms with Crippen LogP contribution in [0.3, 0.4) is 0 Å². The van der Waals surface area contributed by atoms with Crippen LogP contribution in [0.15, 0.2) is 53.1 Å². The predicted octanol–water partition coefficient (Wildman–Crippen LogP) is 4.60. The summed E-state index contributed by atoms with van der Waals surface area (Å²) >= 11 is 9.31. The molecule has 1 aromatic heterocycles. The Morgan fingerprint density at radius 3 is 2.40 bits per heavy atom. The molecule has 0 saturated carbocycles. The van der Waals surface area contributed by atoms with Crippen LogP contribution in [0.25, 0.3) is 11.3 Å². The average Bonchev–Trinajstić information content (AvgIpc) is 3.30. The van der Waals surface area contributed by atoms with Crippen LogP contribution in [0.5, 0.6) is 0 Å². The highest BCUT2D eigenvalue weighted by molar-refractivity contribution is 9.10. The van der Waals surface area contributed by atoms with Gasteiger partial charge in [0.25, 0.3) is 0 Å². The van der Waals surface area contributed by atoms with E-state index in [4.69, 9.17) is 11.6 Å². The van der Waals surface area contributed by atoms with Gasteiger partial charge in [-0.2, -0.15) is 18.3 Å². The van der Waals surface area contributed by atoms with Gasteiger partial charge < -0.3 is 10.2 Å². The molecule has 0 unspecified atom stereocenters. The topological polar surface area (TPSA) is 83.4 Å². The lowest BCUT2D eigenvalue weighted by atomic mass is 10.2. The third-order valence-electron chi connectivity index (χ3n) is 5.38. The van der Waals surface area contributed by atoms with Gasteiger partial charge in [-0.15, -0.1) is 5.10 Å². The summed E-state index contributed by atoms with van der Waals surface area (Å²) in [5, 5.41) is 10.8. The number of nitrogens with one attached hydrogen (secondary N) is 1. The number of benzene rings is 2. The fourth-order valence-electron chi connectivity index (χ4n) is 3.52. The molecule has 4 rings (SSSR count). The Balaban J connectivity index is 1.30. The highest BCUT2D eigenvalue weighted by atomic mass is 79.9. The summed E-state index contributed by atoms with van der Waals surface area (Å²) in [6.45, 7) is 1.42. The number of anilines is 1. The van der Waals surface area contributed by atoms with Crippen molar-refractivity contribution < 1.29 is 22.8 Å². The van der Waals surface area contributed by atoms with Crippen LogP contribution < -0.4 is 5.32 Å². The molecule has 0 spiro atoms. The summed E-state index contributed by atoms with van der Waals surface area (Å²) in [5.41, 5.74) is 0.379. The summed E-state index contributed by atoms with van der Waals surface area (Å²) in [7, 11) is 0. The van der Waals surface area contributed by atoms with Crippen LogP contribution in [-0.2, 0) is 11.0 Å². The largest absolute Gasteiger partial charge is 0.416 e. The first kappa shape index (κ1) is 25.1. The van der Waals surface area contributed by atoms with Crippen LogP contribution in [0.1, 0.15) is 5.56 Å². The molecule has 2 aromatic carbocycles. The number of carbonyl (C=O) groups is 2. The molecule has 1 N–H and O–H groups in total. The first-order valence-electron chi connectivity index (χ1n) is 10.5. The van der Waals surface area contributed by atoms with Crippen LogP contribution >= 0.6 is 27.5 Å². The van der Waals surface area contributed by atoms with Gasteiger partial charge in [0.05, 0.1) is 29.0 Å². The summed E-state index contributed by atoms with van der Waals surface area (Å²) in [6.07, 6.45) is -3.03. The zero-order valence-corrected chi connectivity index (χ0v) is 20.4. The van der Waals surface area contributed by atoms with Crippen molar-refractivity contribution in [1.82, 2.24) is 24.8 Å². The van der Waals surface area contributed by atoms with E-state index >= 15 is 0 Å². The van der Waals surface area contributed by atoms with Crippen LogP contribution in [0, 0.1) is 0 Å². The molecule has 1 fully saturated rings. The molecule has 2 heterocycles. The van der Waals surface area contributed by atoms with Crippen LogP contribution in [0.4, 0.5) is 23.7 Å². The summed E-state index contributed by atoms with van der Waals surface area (Å²) in [4.78, 5) is 29.6. The van der Waals surface area contributed by atoms with E-state index in [2.05, 4.69) is 31.4 Å². The number of nitrogens with zero attached hydrogens (tertiary/aromatic N) is 5. The van der Waals surface area contributed by atoms with Gasteiger partial charge in [-0.3, -0.25) is 9.69 Å². The maximum absolute atomic E-state index is 12.9. The molecule has 0 radical (unpaired) electrons. The van der Waals surface area contributed by atoms with E-state index in [1.54, 1.807) is 9.80 Å². The second kappa shape index (κ2) is 10.3. The molecule has 1 aliphatic heterocycles. The lowest BCUT2D eigenvalue weighted by Gasteiger charge is -2.33. The maximum Gasteiger partial charge on any atom is 0.416 e. The molecule has 1 saturated heterocycles. The molecule has 0 bridgehead atoms. The van der Waals surface area contributed by atoms with Crippen molar-refractivity contribution in [1.29, 1.82) is 0 Å². The summed E-state index contributed by atoms with van der Waals surface area (Å²) in [6, 6.07) is 9.82. The number of carbonyl (C=O) groups excluding carboxylic acids is 2. The molecule has 0 atom stereocenters. The van der Waals surface area contributed by atoms with Crippen LogP contribution in [0.2, 0.25) is 5.02 Å². The van der Waals surface area contributed by atoms with Gasteiger partial charge in [-0.05, 0) is 30.3 Å². The number of halogens is 5. The van der Waals surface area contributed by atoms with Crippen molar-refractivity contribution in [3.63, 3.8) is 0 Å². The van der Waals surface area contributed by atoms with Gasteiger partial charge in [-0.25, -0.2) is 4.79 Å². The molecule has 184 valence electrons. The molecular formula is C22H19BrClF3N6O2. The summed E-state index contributed by atoms with van der Waals surface area (Å²) < 4.78 is 39.7. The average molecular weight is 572 g/mol. The lowest BCUT2D eigenvalue weighted by molar-refractivity contribution is -0.137. The number of hydrogen-bond acceptors (Lipinski definition) is 5. The molecule has 13 heteroatoms. The molecule has 2 amide bonds. The molecule has 1 aliphatic rings. The lowest BCUT2D eigenvalue weighted by Crippen LogP contribution is -2.51. The minimum absolute atomic E-state index is 0.0102. The highest BCUT2D eigenvalue weighted by Gasteiger charge is 2.31. The Morgan fingerprint density at radius 1 is 1.06 bits per heavy atom. The van der Waals surface area contributed by atoms with E-state index < -0.39 is 17.6 Å². The number of aromatic nitrogens is 3. The second-order valence-corrected chi connectivity index (χ2v) is 9.14. The quantitative estimate of drug-likeness (QED) is 0.495. The first-order valence-corrected chi connectivity index (χ1v) is 11.6. The van der Waals surface area contributed by atoms with Gasteiger partial charge in [0.15, 0.2) is 0 Å². The fourth-order valence-corrected chi connectivity index (χ4v) is 3.95. The Labute approximate surface area is 211 Å². The van der Waals surface area contributed by atoms with Crippen molar-refractivity contribution in [3.8, 4) is 11.3 Å². The third kappa shape index (κ3) is 6.19. The van der Waals surface area contributed by atoms with E-state index in [0.29, 0.717) is 31.9 Å². The number of amides is 2. The number of alkyl halides is 3. The molecule has 0 aliphatic carbocycles. The number of rotatable bonds is 4. The number of piperazine rings is 1. The monoisotopic (exact) mass is 570 g/mol. The minimum atomic E-state index is -4.55. The zero-order valence-electron chi connectivity index (χ0n) is 18.1. The smallest absolute Gasteiger partial charge is 0.324 e. The van der Waals surface area contributed by atoms with Crippen molar-refractivity contribution >= 4 is 45.2 Å². The van der Waals surface area contributed by atoms with E-state index in [0.717, 1.165) is 33.0 Å². The number of hydrogen-bond donors (Lipinski definition) is 1. The van der Waals surface area contributed by atoms with E-state index in [1.807, 2.05) is 24.3 Å². The SMILES string of the molecule is O=C(CN1CCN(C(=O)n2ncc(-c3ccc(Br)cc3)n2)CC1)Nc1cc(C(F)(F)F)ccc1Cl. The molecular weight excluding hydrogens is 553 g/mol. The van der Waals surface area contributed by atoms with Crippen molar-refractivity contribution in [3.05, 3.63) is 63.7 Å². The Kier molecular flexibility index (Phi) is 7.43. The van der Waals surface area contributed by atoms with Crippen LogP contribution in [-0.4, -0.2) is 69.5 Å². The molecule has 3 aromatic rings. The van der Waals surface area contributed by atoms with E-state index in [9.17, 15) is 22.8 Å². The Morgan fingerprint density at radius 2 is 1.74 bits per heavy atom. The third-order valence-corrected chi connectivity index (χ3v) is 6.24. The second-order valence-electron chi connectivity index (χ2n) is 7.81. The van der Waals surface area contributed by atoms with Crippen molar-refractivity contribution in [2.45, 2.75) is 6.18 Å². The maximum atomic E-state index is 12.9. The van der Waals surface area contributed by atoms with Crippen molar-refractivity contribution in [2.24, 2.45) is 0 Å². The highest BCUT2D eigenvalue weighted by Crippen LogP contribution is 2.33. The van der Waals surface area contributed by atoms with Crippen molar-refractivity contribution in [2.75, 3.05) is 38.0 Å². The van der Waals surface area contributed by atoms with Gasteiger partial charge in [-0.1, -0.05) is 44.5 Å². The zero-order chi connectivity index (χ0) is 25.2. The normalized spacial score (nSPS) is 14.7. The first-order chi connectivity index (χ1) is 16.6. The van der Waals surface area contributed by atoms with Gasteiger partial charge >= 0.3 is 12.2 Å². The summed E-state index contributed by atoms with van der Waals surface area (Å²) in [5.74, 6) is -0.501. The molecule has 8 nitrogen and oxygen atoms in total. The van der Waals surface area contributed by atoms with Gasteiger partial charge in [0.1, 0.15) is 5.69 Å². The van der Waals surface area contributed by atoms with Gasteiger partial charge in [0.2, 0.25) is 5.91 Å². The fraction of sp³-hybridized carbons (Fsp3) is 0.273. The van der Waals surface area contributed by atoms with Gasteiger partial charge in [0, 0.05) is 36.2 Å². The minimum Gasteiger partial charge on any atom is -0.324 e.